The van der Waals surface area contributed by atoms with E-state index in [4.69, 9.17) is 44.9 Å². The van der Waals surface area contributed by atoms with Crippen LogP contribution in [0.5, 0.6) is 0 Å². The normalized spacial score (nSPS) is 11.2. The minimum absolute atomic E-state index is 0.367. The quantitative estimate of drug-likeness (QED) is 0.1000. The zero-order valence-corrected chi connectivity index (χ0v) is 58.6. The van der Waals surface area contributed by atoms with Crippen LogP contribution in [0.1, 0.15) is 16.7 Å². The van der Waals surface area contributed by atoms with Crippen molar-refractivity contribution in [3.63, 3.8) is 0 Å². The summed E-state index contributed by atoms with van der Waals surface area (Å²) in [5.74, 6) is 4.38. The molecule has 0 saturated carbocycles. The zero-order chi connectivity index (χ0) is 73.6. The Morgan fingerprint density at radius 2 is 0.527 bits per heavy atom. The Bertz CT molecular complexity index is 6880. The van der Waals surface area contributed by atoms with Gasteiger partial charge >= 0.3 is 0 Å². The third-order valence-electron chi connectivity index (χ3n) is 20.0. The van der Waals surface area contributed by atoms with Gasteiger partial charge in [-0.05, 0) is 143 Å². The first kappa shape index (κ1) is 65.0. The van der Waals surface area contributed by atoms with Crippen LogP contribution in [0.2, 0.25) is 0 Å². The molecule has 19 aromatic rings. The molecule has 0 bridgehead atoms. The second kappa shape index (κ2) is 27.7. The maximum Gasteiger partial charge on any atom is 0.166 e. The number of aromatic nitrogens is 11. The van der Waals surface area contributed by atoms with E-state index in [9.17, 15) is 15.8 Å². The minimum atomic E-state index is 0.367. The van der Waals surface area contributed by atoms with Crippen LogP contribution < -0.4 is 0 Å². The Morgan fingerprint density at radius 1 is 0.191 bits per heavy atom. The van der Waals surface area contributed by atoms with Crippen molar-refractivity contribution in [1.82, 2.24) is 54.0 Å². The lowest BCUT2D eigenvalue weighted by atomic mass is 9.98. The highest BCUT2D eigenvalue weighted by molar-refractivity contribution is 6.12. The third-order valence-corrected chi connectivity index (χ3v) is 20.0. The first-order valence-corrected chi connectivity index (χ1v) is 35.8. The van der Waals surface area contributed by atoms with Crippen LogP contribution in [-0.4, -0.2) is 54.0 Å². The number of benzene rings is 14. The zero-order valence-electron chi connectivity index (χ0n) is 58.6. The van der Waals surface area contributed by atoms with Gasteiger partial charge in [0, 0.05) is 71.6 Å². The Hall–Kier alpha value is -15.8. The number of hydrogen-bond donors (Lipinski definition) is 0. The molecule has 5 heterocycles. The predicted molar refractivity (Wildman–Crippen MR) is 435 cm³/mol. The van der Waals surface area contributed by atoms with E-state index < -0.39 is 0 Å². The third kappa shape index (κ3) is 12.0. The SMILES string of the molecule is N#Cc1ccc(-c2ccc(-c3nc(-c4cccc(-c5ccccc5C#N)c4)nc(-c4ccc(-c5cccc(C#N)c5)cc4-n4c5ccccc5c5cc(-c6nc(-c7ccccc7)nc(-c7ccccc7)n6)ccc54)n3)c(-n3c4ccccc4c4cc(-c5nc(-c6ccccc6)nc(-c6ccccc6)n5)ccc43)c2)cc1. The van der Waals surface area contributed by atoms with Gasteiger partial charge in [0.05, 0.1) is 68.3 Å². The fourth-order valence-corrected chi connectivity index (χ4v) is 14.7. The van der Waals surface area contributed by atoms with Crippen molar-refractivity contribution < 1.29 is 0 Å². The molecule has 0 aliphatic carbocycles. The second-order valence-electron chi connectivity index (χ2n) is 26.6. The van der Waals surface area contributed by atoms with Crippen molar-refractivity contribution in [2.24, 2.45) is 0 Å². The first-order chi connectivity index (χ1) is 54.3. The molecule has 14 aromatic carbocycles. The van der Waals surface area contributed by atoms with Gasteiger partial charge in [-0.2, -0.15) is 15.8 Å². The van der Waals surface area contributed by atoms with E-state index in [1.165, 1.54) is 0 Å². The number of para-hydroxylation sites is 2. The van der Waals surface area contributed by atoms with E-state index in [0.29, 0.717) is 85.8 Å². The molecule has 110 heavy (non-hydrogen) atoms. The van der Waals surface area contributed by atoms with Crippen molar-refractivity contribution in [2.75, 3.05) is 0 Å². The average molecular weight is 1410 g/mol. The summed E-state index contributed by atoms with van der Waals surface area (Å²) in [5.41, 5.74) is 18.9. The summed E-state index contributed by atoms with van der Waals surface area (Å²) >= 11 is 0. The van der Waals surface area contributed by atoms with E-state index in [2.05, 4.69) is 143 Å². The molecule has 0 aliphatic rings. The van der Waals surface area contributed by atoms with Crippen LogP contribution in [0, 0.1) is 34.0 Å². The standard InChI is InChI=1S/C96H56N14/c97-57-60-39-41-62(42-40-60)68-43-47-78(86(55-68)109-82-37-17-15-35-76(82)80-53-72(45-49-84(80)109)93-102-88(63-22-5-1-6-23-63)100-89(103-93)64-24-7-2-8-25-64)95-106-92(71-33-20-32-70(52-71)75-34-14-13-30-74(75)59-99)107-96(108-95)79-48-44-69(67-31-19-21-61(51-67)58-98)56-87(79)110-83-38-18-16-36-77(83)81-54-73(46-50-85(81)110)94-104-90(65-26-9-3-10-27-65)101-91(105-94)66-28-11-4-12-29-66/h1-56H. The van der Waals surface area contributed by atoms with Crippen molar-refractivity contribution >= 4 is 43.6 Å². The molecule has 0 radical (unpaired) electrons. The van der Waals surface area contributed by atoms with Gasteiger partial charge in [-0.1, -0.05) is 231 Å². The summed E-state index contributed by atoms with van der Waals surface area (Å²) in [6.07, 6.45) is 0. The maximum absolute atomic E-state index is 10.5. The molecule has 14 nitrogen and oxygen atoms in total. The Morgan fingerprint density at radius 3 is 1.00 bits per heavy atom. The van der Waals surface area contributed by atoms with E-state index in [-0.39, 0.29) is 0 Å². The van der Waals surface area contributed by atoms with Gasteiger partial charge in [0.2, 0.25) is 0 Å². The molecule has 0 atom stereocenters. The molecule has 19 rings (SSSR count). The van der Waals surface area contributed by atoms with E-state index >= 15 is 0 Å². The van der Waals surface area contributed by atoms with Crippen molar-refractivity contribution in [2.45, 2.75) is 0 Å². The van der Waals surface area contributed by atoms with Gasteiger partial charge in [-0.3, -0.25) is 0 Å². The predicted octanol–water partition coefficient (Wildman–Crippen LogP) is 22.1. The molecule has 0 unspecified atom stereocenters. The second-order valence-corrected chi connectivity index (χ2v) is 26.6. The summed E-state index contributed by atoms with van der Waals surface area (Å²) < 4.78 is 4.55. The van der Waals surface area contributed by atoms with Gasteiger partial charge < -0.3 is 9.13 Å². The monoisotopic (exact) mass is 1400 g/mol. The Balaban J connectivity index is 0.854. The number of nitriles is 3. The van der Waals surface area contributed by atoms with Crippen LogP contribution in [-0.2, 0) is 0 Å². The van der Waals surface area contributed by atoms with Gasteiger partial charge in [0.1, 0.15) is 0 Å². The van der Waals surface area contributed by atoms with E-state index in [1.807, 2.05) is 224 Å². The van der Waals surface area contributed by atoms with Crippen LogP contribution >= 0.6 is 0 Å². The molecule has 0 saturated heterocycles. The summed E-state index contributed by atoms with van der Waals surface area (Å²) in [7, 11) is 0. The maximum atomic E-state index is 10.5. The summed E-state index contributed by atoms with van der Waals surface area (Å²) in [6.45, 7) is 0. The number of nitrogens with zero attached hydrogens (tertiary/aromatic N) is 14. The molecule has 0 spiro atoms. The molecule has 0 fully saturated rings. The van der Waals surface area contributed by atoms with Crippen LogP contribution in [0.25, 0.3) is 191 Å². The van der Waals surface area contributed by atoms with E-state index in [1.54, 1.807) is 0 Å². The summed E-state index contributed by atoms with van der Waals surface area (Å²) in [4.78, 5) is 47.7. The highest BCUT2D eigenvalue weighted by atomic mass is 15.1. The molecule has 0 aliphatic heterocycles. The smallest absolute Gasteiger partial charge is 0.166 e. The van der Waals surface area contributed by atoms with Gasteiger partial charge in [0.15, 0.2) is 52.4 Å². The summed E-state index contributed by atoms with van der Waals surface area (Å²) in [5, 5.41) is 34.7. The van der Waals surface area contributed by atoms with Crippen molar-refractivity contribution in [1.29, 1.82) is 15.8 Å². The van der Waals surface area contributed by atoms with Crippen LogP contribution in [0.3, 0.4) is 0 Å². The topological polar surface area (TPSA) is 197 Å². The molecular formula is C96H56N14. The lowest BCUT2D eigenvalue weighted by Crippen LogP contribution is -2.06. The highest BCUT2D eigenvalue weighted by Crippen LogP contribution is 2.44. The van der Waals surface area contributed by atoms with Gasteiger partial charge in [-0.15, -0.1) is 0 Å². The molecule has 0 amide bonds. The molecular weight excluding hydrogens is 1350 g/mol. The van der Waals surface area contributed by atoms with Gasteiger partial charge in [0.25, 0.3) is 0 Å². The fraction of sp³-hybridized carbons (Fsp3) is 0. The van der Waals surface area contributed by atoms with Gasteiger partial charge in [-0.25, -0.2) is 44.9 Å². The minimum Gasteiger partial charge on any atom is -0.308 e. The summed E-state index contributed by atoms with van der Waals surface area (Å²) in [6, 6.07) is 120. The molecule has 0 N–H and O–H groups in total. The van der Waals surface area contributed by atoms with Crippen molar-refractivity contribution in [3.8, 4) is 165 Å². The van der Waals surface area contributed by atoms with E-state index in [0.717, 1.165) is 122 Å². The Labute approximate surface area is 631 Å². The average Bonchev–Trinajstić information content (AvgIpc) is 1.57. The number of rotatable bonds is 14. The van der Waals surface area contributed by atoms with Crippen LogP contribution in [0.15, 0.2) is 340 Å². The molecule has 510 valence electrons. The highest BCUT2D eigenvalue weighted by Gasteiger charge is 2.26. The Kier molecular flexibility index (Phi) is 16.3. The lowest BCUT2D eigenvalue weighted by molar-refractivity contribution is 1.06. The first-order valence-electron chi connectivity index (χ1n) is 35.8. The lowest BCUT2D eigenvalue weighted by Gasteiger charge is -2.18. The molecule has 5 aromatic heterocycles. The fourth-order valence-electron chi connectivity index (χ4n) is 14.7. The number of hydrogen-bond acceptors (Lipinski definition) is 12. The van der Waals surface area contributed by atoms with Crippen molar-refractivity contribution in [3.05, 3.63) is 356 Å². The number of fused-ring (bicyclic) bond motifs is 6. The molecule has 14 heteroatoms. The van der Waals surface area contributed by atoms with Crippen LogP contribution in [0.4, 0.5) is 0 Å². The largest absolute Gasteiger partial charge is 0.308 e.